The van der Waals surface area contributed by atoms with Crippen LogP contribution in [0.4, 0.5) is 4.39 Å². The van der Waals surface area contributed by atoms with E-state index in [1.165, 1.54) is 6.07 Å². The molecule has 0 saturated heterocycles. The standard InChI is InChI=1S/C11H14FNO/c1-13-6-5-8-7-9-10(12)3-2-4-11(9)14-8/h2-4,8,13H,5-7H2,1H3. The molecule has 14 heavy (non-hydrogen) atoms. The zero-order chi connectivity index (χ0) is 9.97. The number of rotatable bonds is 3. The molecule has 0 spiro atoms. The van der Waals surface area contributed by atoms with Crippen molar-refractivity contribution >= 4 is 0 Å². The molecule has 1 N–H and O–H groups in total. The molecule has 1 aromatic carbocycles. The van der Waals surface area contributed by atoms with Gasteiger partial charge in [0.2, 0.25) is 0 Å². The summed E-state index contributed by atoms with van der Waals surface area (Å²) in [5.74, 6) is 0.570. The number of nitrogens with one attached hydrogen (secondary N) is 1. The fourth-order valence-electron chi connectivity index (χ4n) is 1.76. The second-order valence-electron chi connectivity index (χ2n) is 3.55. The van der Waals surface area contributed by atoms with E-state index in [1.807, 2.05) is 13.1 Å². The Morgan fingerprint density at radius 3 is 3.14 bits per heavy atom. The van der Waals surface area contributed by atoms with Gasteiger partial charge >= 0.3 is 0 Å². The van der Waals surface area contributed by atoms with Gasteiger partial charge in [0.25, 0.3) is 0 Å². The van der Waals surface area contributed by atoms with E-state index in [9.17, 15) is 4.39 Å². The number of benzene rings is 1. The number of fused-ring (bicyclic) bond motifs is 1. The van der Waals surface area contributed by atoms with Crippen LogP contribution in [0.15, 0.2) is 18.2 Å². The molecule has 1 aliphatic rings. The normalized spacial score (nSPS) is 19.1. The van der Waals surface area contributed by atoms with Crippen molar-refractivity contribution in [3.63, 3.8) is 0 Å². The van der Waals surface area contributed by atoms with Gasteiger partial charge in [0.15, 0.2) is 0 Å². The molecule has 2 nitrogen and oxygen atoms in total. The van der Waals surface area contributed by atoms with Gasteiger partial charge in [-0.3, -0.25) is 0 Å². The van der Waals surface area contributed by atoms with Crippen LogP contribution in [0.25, 0.3) is 0 Å². The lowest BCUT2D eigenvalue weighted by molar-refractivity contribution is 0.221. The van der Waals surface area contributed by atoms with Crippen LogP contribution >= 0.6 is 0 Å². The van der Waals surface area contributed by atoms with Crippen molar-refractivity contribution in [1.29, 1.82) is 0 Å². The van der Waals surface area contributed by atoms with E-state index < -0.39 is 0 Å². The quantitative estimate of drug-likeness (QED) is 0.793. The van der Waals surface area contributed by atoms with Gasteiger partial charge in [-0.05, 0) is 32.1 Å². The lowest BCUT2D eigenvalue weighted by Gasteiger charge is -2.09. The van der Waals surface area contributed by atoms with Crippen LogP contribution in [-0.4, -0.2) is 19.7 Å². The Bertz CT molecular complexity index is 327. The Morgan fingerprint density at radius 1 is 1.57 bits per heavy atom. The molecule has 0 amide bonds. The van der Waals surface area contributed by atoms with E-state index in [1.54, 1.807) is 6.07 Å². The highest BCUT2D eigenvalue weighted by Crippen LogP contribution is 2.31. The van der Waals surface area contributed by atoms with Gasteiger partial charge in [-0.25, -0.2) is 4.39 Å². The average Bonchev–Trinajstić information content (AvgIpc) is 2.59. The van der Waals surface area contributed by atoms with Crippen molar-refractivity contribution < 1.29 is 9.13 Å². The van der Waals surface area contributed by atoms with Crippen molar-refractivity contribution in [2.75, 3.05) is 13.6 Å². The van der Waals surface area contributed by atoms with Crippen molar-refractivity contribution in [2.24, 2.45) is 0 Å². The van der Waals surface area contributed by atoms with Crippen LogP contribution in [-0.2, 0) is 6.42 Å². The summed E-state index contributed by atoms with van der Waals surface area (Å²) in [5.41, 5.74) is 0.730. The summed E-state index contributed by atoms with van der Waals surface area (Å²) in [5, 5.41) is 3.06. The van der Waals surface area contributed by atoms with Gasteiger partial charge in [-0.15, -0.1) is 0 Å². The Hall–Kier alpha value is -1.09. The topological polar surface area (TPSA) is 21.3 Å². The highest BCUT2D eigenvalue weighted by atomic mass is 19.1. The molecular formula is C11H14FNO. The summed E-state index contributed by atoms with van der Waals surface area (Å²) >= 11 is 0. The van der Waals surface area contributed by atoms with E-state index >= 15 is 0 Å². The van der Waals surface area contributed by atoms with Gasteiger partial charge in [0.05, 0.1) is 0 Å². The zero-order valence-electron chi connectivity index (χ0n) is 8.22. The lowest BCUT2D eigenvalue weighted by atomic mass is 10.1. The molecule has 1 aromatic rings. The van der Waals surface area contributed by atoms with Crippen LogP contribution in [0, 0.1) is 5.82 Å². The minimum absolute atomic E-state index is 0.134. The van der Waals surface area contributed by atoms with Crippen LogP contribution in [0.5, 0.6) is 5.75 Å². The second kappa shape index (κ2) is 3.96. The second-order valence-corrected chi connectivity index (χ2v) is 3.55. The molecule has 1 atom stereocenters. The summed E-state index contributed by atoms with van der Waals surface area (Å²) in [4.78, 5) is 0. The van der Waals surface area contributed by atoms with Gasteiger partial charge in [0, 0.05) is 12.0 Å². The Labute approximate surface area is 83.1 Å². The number of hydrogen-bond donors (Lipinski definition) is 1. The van der Waals surface area contributed by atoms with Gasteiger partial charge in [-0.2, -0.15) is 0 Å². The first kappa shape index (κ1) is 9.46. The van der Waals surface area contributed by atoms with E-state index in [4.69, 9.17) is 4.74 Å². The molecule has 1 heterocycles. The van der Waals surface area contributed by atoms with Gasteiger partial charge in [0.1, 0.15) is 17.7 Å². The molecule has 0 aromatic heterocycles. The molecule has 1 aliphatic heterocycles. The highest BCUT2D eigenvalue weighted by Gasteiger charge is 2.24. The highest BCUT2D eigenvalue weighted by molar-refractivity contribution is 5.38. The maximum Gasteiger partial charge on any atom is 0.130 e. The van der Waals surface area contributed by atoms with E-state index in [2.05, 4.69) is 5.32 Å². The van der Waals surface area contributed by atoms with Crippen LogP contribution in [0.1, 0.15) is 12.0 Å². The predicted molar refractivity (Wildman–Crippen MR) is 53.1 cm³/mol. The Morgan fingerprint density at radius 2 is 2.43 bits per heavy atom. The minimum atomic E-state index is -0.144. The number of ether oxygens (including phenoxy) is 1. The number of halogens is 1. The third kappa shape index (κ3) is 1.73. The van der Waals surface area contributed by atoms with Gasteiger partial charge in [-0.1, -0.05) is 6.07 Å². The fraction of sp³-hybridized carbons (Fsp3) is 0.455. The van der Waals surface area contributed by atoms with Crippen molar-refractivity contribution in [3.05, 3.63) is 29.6 Å². The van der Waals surface area contributed by atoms with Crippen molar-refractivity contribution in [2.45, 2.75) is 18.9 Å². The lowest BCUT2D eigenvalue weighted by Crippen LogP contribution is -2.20. The molecule has 76 valence electrons. The van der Waals surface area contributed by atoms with E-state index in [0.29, 0.717) is 12.2 Å². The zero-order valence-corrected chi connectivity index (χ0v) is 8.22. The molecule has 2 rings (SSSR count). The molecule has 0 fully saturated rings. The average molecular weight is 195 g/mol. The Balaban J connectivity index is 2.06. The van der Waals surface area contributed by atoms with Gasteiger partial charge < -0.3 is 10.1 Å². The molecule has 1 unspecified atom stereocenters. The third-order valence-electron chi connectivity index (χ3n) is 2.52. The van der Waals surface area contributed by atoms with Crippen LogP contribution < -0.4 is 10.1 Å². The van der Waals surface area contributed by atoms with Crippen LogP contribution in [0.3, 0.4) is 0 Å². The molecule has 3 heteroatoms. The Kier molecular flexibility index (Phi) is 2.68. The van der Waals surface area contributed by atoms with Crippen molar-refractivity contribution in [3.8, 4) is 5.75 Å². The summed E-state index contributed by atoms with van der Waals surface area (Å²) in [6, 6.07) is 5.01. The summed E-state index contributed by atoms with van der Waals surface area (Å²) in [7, 11) is 1.91. The first-order valence-electron chi connectivity index (χ1n) is 4.90. The molecule has 0 saturated carbocycles. The molecule has 0 radical (unpaired) electrons. The third-order valence-corrected chi connectivity index (χ3v) is 2.52. The maximum atomic E-state index is 13.3. The largest absolute Gasteiger partial charge is 0.490 e. The molecular weight excluding hydrogens is 181 g/mol. The maximum absolute atomic E-state index is 13.3. The first-order valence-corrected chi connectivity index (χ1v) is 4.90. The number of hydrogen-bond acceptors (Lipinski definition) is 2. The summed E-state index contributed by atoms with van der Waals surface area (Å²) in [6.07, 6.45) is 1.75. The van der Waals surface area contributed by atoms with Crippen LogP contribution in [0.2, 0.25) is 0 Å². The van der Waals surface area contributed by atoms with Crippen molar-refractivity contribution in [1.82, 2.24) is 5.32 Å². The smallest absolute Gasteiger partial charge is 0.130 e. The van der Waals surface area contributed by atoms with E-state index in [-0.39, 0.29) is 11.9 Å². The fourth-order valence-corrected chi connectivity index (χ4v) is 1.76. The molecule has 0 aliphatic carbocycles. The monoisotopic (exact) mass is 195 g/mol. The van der Waals surface area contributed by atoms with E-state index in [0.717, 1.165) is 18.5 Å². The summed E-state index contributed by atoms with van der Waals surface area (Å²) in [6.45, 7) is 0.903. The predicted octanol–water partition coefficient (Wildman–Crippen LogP) is 1.74. The SMILES string of the molecule is CNCCC1Cc2c(F)cccc2O1. The minimum Gasteiger partial charge on any atom is -0.490 e. The molecule has 0 bridgehead atoms. The first-order chi connectivity index (χ1) is 6.81. The summed E-state index contributed by atoms with van der Waals surface area (Å²) < 4.78 is 18.9.